The number of hydrogen-bond acceptors (Lipinski definition) is 6. The molecule has 0 spiro atoms. The fourth-order valence-electron chi connectivity index (χ4n) is 2.34. The van der Waals surface area contributed by atoms with Gasteiger partial charge in [0.25, 0.3) is 5.56 Å². The maximum atomic E-state index is 12.1. The summed E-state index contributed by atoms with van der Waals surface area (Å²) in [5, 5.41) is 4.90. The quantitative estimate of drug-likeness (QED) is 0.839. The molecule has 3 rings (SSSR count). The second-order valence-corrected chi connectivity index (χ2v) is 8.11. The van der Waals surface area contributed by atoms with Gasteiger partial charge in [0, 0.05) is 6.04 Å². The Morgan fingerprint density at radius 3 is 3.05 bits per heavy atom. The van der Waals surface area contributed by atoms with Gasteiger partial charge in [-0.3, -0.25) is 14.2 Å². The van der Waals surface area contributed by atoms with E-state index in [1.165, 1.54) is 22.2 Å². The van der Waals surface area contributed by atoms with Crippen molar-refractivity contribution in [1.29, 1.82) is 0 Å². The molecule has 1 fully saturated rings. The van der Waals surface area contributed by atoms with Crippen LogP contribution >= 0.6 is 11.3 Å². The number of fused-ring (bicyclic) bond motifs is 1. The highest BCUT2D eigenvalue weighted by Crippen LogP contribution is 2.13. The summed E-state index contributed by atoms with van der Waals surface area (Å²) in [5.74, 6) is -0.314. The van der Waals surface area contributed by atoms with Crippen molar-refractivity contribution in [2.45, 2.75) is 19.0 Å². The van der Waals surface area contributed by atoms with Gasteiger partial charge in [-0.15, -0.1) is 11.3 Å². The maximum absolute atomic E-state index is 12.1. The first-order valence-corrected chi connectivity index (χ1v) is 9.07. The SMILES string of the molecule is O=C(Cn1cnc2sccc2c1=O)N[C@@H]1CCS(=O)(=O)C1. The molecule has 1 aliphatic heterocycles. The van der Waals surface area contributed by atoms with E-state index in [-0.39, 0.29) is 35.6 Å². The van der Waals surface area contributed by atoms with Gasteiger partial charge in [0.15, 0.2) is 9.84 Å². The molecule has 1 N–H and O–H groups in total. The standard InChI is InChI=1S/C12H13N3O4S2/c16-10(14-8-2-4-21(18,19)6-8)5-15-7-13-11-9(12(15)17)1-3-20-11/h1,3,7-8H,2,4-6H2,(H,14,16)/t8-/m1/s1. The van der Waals surface area contributed by atoms with Crippen LogP contribution in [0.4, 0.5) is 0 Å². The topological polar surface area (TPSA) is 98.1 Å². The lowest BCUT2D eigenvalue weighted by Gasteiger charge is -2.11. The van der Waals surface area contributed by atoms with Crippen LogP contribution in [0.5, 0.6) is 0 Å². The second-order valence-electron chi connectivity index (χ2n) is 4.98. The van der Waals surface area contributed by atoms with Gasteiger partial charge in [-0.05, 0) is 17.9 Å². The van der Waals surface area contributed by atoms with E-state index >= 15 is 0 Å². The highest BCUT2D eigenvalue weighted by Gasteiger charge is 2.28. The van der Waals surface area contributed by atoms with Crippen molar-refractivity contribution >= 4 is 37.3 Å². The number of carbonyl (C=O) groups is 1. The van der Waals surface area contributed by atoms with Crippen LogP contribution in [0.3, 0.4) is 0 Å². The van der Waals surface area contributed by atoms with Crippen LogP contribution < -0.4 is 10.9 Å². The molecule has 0 aromatic carbocycles. The van der Waals surface area contributed by atoms with Gasteiger partial charge in [-0.25, -0.2) is 13.4 Å². The van der Waals surface area contributed by atoms with E-state index in [0.717, 1.165) is 0 Å². The van der Waals surface area contributed by atoms with E-state index in [1.54, 1.807) is 11.4 Å². The highest BCUT2D eigenvalue weighted by atomic mass is 32.2. The summed E-state index contributed by atoms with van der Waals surface area (Å²) in [5.41, 5.74) is -0.268. The van der Waals surface area contributed by atoms with E-state index in [2.05, 4.69) is 10.3 Å². The minimum atomic E-state index is -3.04. The van der Waals surface area contributed by atoms with Crippen LogP contribution in [-0.2, 0) is 21.2 Å². The molecule has 2 aromatic heterocycles. The fourth-order valence-corrected chi connectivity index (χ4v) is 4.74. The molecule has 2 aromatic rings. The molecule has 3 heterocycles. The Balaban J connectivity index is 1.72. The van der Waals surface area contributed by atoms with Gasteiger partial charge in [-0.2, -0.15) is 0 Å². The van der Waals surface area contributed by atoms with Gasteiger partial charge in [0.05, 0.1) is 23.2 Å². The number of thiophene rings is 1. The molecule has 0 saturated carbocycles. The third-order valence-electron chi connectivity index (χ3n) is 3.36. The van der Waals surface area contributed by atoms with Gasteiger partial charge < -0.3 is 5.32 Å². The summed E-state index contributed by atoms with van der Waals surface area (Å²) in [6.45, 7) is -0.159. The smallest absolute Gasteiger partial charge is 0.262 e. The zero-order chi connectivity index (χ0) is 15.0. The van der Waals surface area contributed by atoms with Crippen LogP contribution in [0.15, 0.2) is 22.6 Å². The number of rotatable bonds is 3. The highest BCUT2D eigenvalue weighted by molar-refractivity contribution is 7.91. The average molecular weight is 327 g/mol. The first-order valence-electron chi connectivity index (χ1n) is 6.37. The fraction of sp³-hybridized carbons (Fsp3) is 0.417. The van der Waals surface area contributed by atoms with Crippen molar-refractivity contribution < 1.29 is 13.2 Å². The molecule has 0 aliphatic carbocycles. The van der Waals surface area contributed by atoms with E-state index in [1.807, 2.05) is 0 Å². The molecule has 1 atom stereocenters. The number of nitrogens with zero attached hydrogens (tertiary/aromatic N) is 2. The van der Waals surface area contributed by atoms with E-state index in [0.29, 0.717) is 16.6 Å². The van der Waals surface area contributed by atoms with Crippen LogP contribution in [0, 0.1) is 0 Å². The lowest BCUT2D eigenvalue weighted by molar-refractivity contribution is -0.122. The Kier molecular flexibility index (Phi) is 3.54. The van der Waals surface area contributed by atoms with Crippen molar-refractivity contribution in [3.8, 4) is 0 Å². The minimum absolute atomic E-state index is 0.0323. The van der Waals surface area contributed by atoms with Gasteiger partial charge in [0.1, 0.15) is 11.4 Å². The molecule has 21 heavy (non-hydrogen) atoms. The van der Waals surface area contributed by atoms with E-state index in [9.17, 15) is 18.0 Å². The zero-order valence-corrected chi connectivity index (χ0v) is 12.6. The third kappa shape index (κ3) is 2.98. The summed E-state index contributed by atoms with van der Waals surface area (Å²) in [7, 11) is -3.04. The van der Waals surface area contributed by atoms with Crippen molar-refractivity contribution in [2.75, 3.05) is 11.5 Å². The first-order chi connectivity index (χ1) is 9.94. The molecule has 0 bridgehead atoms. The Morgan fingerprint density at radius 2 is 2.33 bits per heavy atom. The Labute approximate surface area is 124 Å². The molecule has 7 nitrogen and oxygen atoms in total. The zero-order valence-electron chi connectivity index (χ0n) is 11.0. The summed E-state index contributed by atoms with van der Waals surface area (Å²) in [6.07, 6.45) is 1.76. The van der Waals surface area contributed by atoms with Gasteiger partial charge >= 0.3 is 0 Å². The lowest BCUT2D eigenvalue weighted by Crippen LogP contribution is -2.39. The number of sulfone groups is 1. The monoisotopic (exact) mass is 327 g/mol. The summed E-state index contributed by atoms with van der Waals surface area (Å²) < 4.78 is 23.9. The lowest BCUT2D eigenvalue weighted by atomic mass is 10.2. The molecule has 0 unspecified atom stereocenters. The van der Waals surface area contributed by atoms with Crippen molar-refractivity contribution in [3.63, 3.8) is 0 Å². The van der Waals surface area contributed by atoms with Crippen LogP contribution in [0.1, 0.15) is 6.42 Å². The molecular weight excluding hydrogens is 314 g/mol. The van der Waals surface area contributed by atoms with Crippen LogP contribution in [0.2, 0.25) is 0 Å². The Morgan fingerprint density at radius 1 is 1.52 bits per heavy atom. The number of carbonyl (C=O) groups excluding carboxylic acids is 1. The molecular formula is C12H13N3O4S2. The largest absolute Gasteiger partial charge is 0.351 e. The summed E-state index contributed by atoms with van der Waals surface area (Å²) >= 11 is 1.36. The first kappa shape index (κ1) is 14.2. The van der Waals surface area contributed by atoms with Crippen molar-refractivity contribution in [2.24, 2.45) is 0 Å². The summed E-state index contributed by atoms with van der Waals surface area (Å²) in [6, 6.07) is 1.31. The molecule has 1 aliphatic rings. The Bertz CT molecular complexity index is 853. The average Bonchev–Trinajstić information content (AvgIpc) is 3.00. The van der Waals surface area contributed by atoms with Crippen LogP contribution in [-0.4, -0.2) is 41.4 Å². The molecule has 112 valence electrons. The van der Waals surface area contributed by atoms with Gasteiger partial charge in [-0.1, -0.05) is 0 Å². The van der Waals surface area contributed by atoms with E-state index < -0.39 is 9.84 Å². The predicted octanol–water partition coefficient (Wildman–Crippen LogP) is -0.239. The van der Waals surface area contributed by atoms with Crippen LogP contribution in [0.25, 0.3) is 10.2 Å². The minimum Gasteiger partial charge on any atom is -0.351 e. The summed E-state index contributed by atoms with van der Waals surface area (Å²) in [4.78, 5) is 28.8. The number of aromatic nitrogens is 2. The number of hydrogen-bond donors (Lipinski definition) is 1. The number of nitrogens with one attached hydrogen (secondary N) is 1. The van der Waals surface area contributed by atoms with Crippen molar-refractivity contribution in [1.82, 2.24) is 14.9 Å². The molecule has 1 saturated heterocycles. The molecule has 1 amide bonds. The van der Waals surface area contributed by atoms with Gasteiger partial charge in [0.2, 0.25) is 5.91 Å². The normalized spacial score (nSPS) is 20.7. The molecule has 0 radical (unpaired) electrons. The third-order valence-corrected chi connectivity index (χ3v) is 5.95. The number of amides is 1. The Hall–Kier alpha value is -1.74. The van der Waals surface area contributed by atoms with E-state index in [4.69, 9.17) is 0 Å². The second kappa shape index (κ2) is 5.23. The predicted molar refractivity (Wildman–Crippen MR) is 79.1 cm³/mol. The maximum Gasteiger partial charge on any atom is 0.262 e. The molecule has 9 heteroatoms. The van der Waals surface area contributed by atoms with Crippen molar-refractivity contribution in [3.05, 3.63) is 28.1 Å².